The largest absolute Gasteiger partial charge is 0.444 e. The Morgan fingerprint density at radius 3 is 2.46 bits per heavy atom. The number of amides is 3. The minimum Gasteiger partial charge on any atom is -0.444 e. The van der Waals surface area contributed by atoms with Crippen LogP contribution in [0.2, 0.25) is 5.02 Å². The minimum absolute atomic E-state index is 0.0648. The van der Waals surface area contributed by atoms with Crippen molar-refractivity contribution in [2.24, 2.45) is 0 Å². The molecule has 1 aromatic rings. The Morgan fingerprint density at radius 1 is 1.14 bits per heavy atom. The van der Waals surface area contributed by atoms with Crippen molar-refractivity contribution in [3.63, 3.8) is 0 Å². The van der Waals surface area contributed by atoms with Crippen molar-refractivity contribution in [1.29, 1.82) is 0 Å². The van der Waals surface area contributed by atoms with Crippen LogP contribution in [-0.2, 0) is 24.5 Å². The van der Waals surface area contributed by atoms with E-state index in [9.17, 15) is 14.4 Å². The van der Waals surface area contributed by atoms with Crippen LogP contribution in [-0.4, -0.2) is 103 Å². The number of ether oxygens (including phenoxy) is 2. The molecule has 1 aromatic carbocycles. The number of piperazine rings is 1. The Bertz CT molecular complexity index is 1050. The van der Waals surface area contributed by atoms with Gasteiger partial charge in [0, 0.05) is 54.9 Å². The Hall–Kier alpha value is -2.36. The van der Waals surface area contributed by atoms with Gasteiger partial charge in [0.15, 0.2) is 0 Å². The molecule has 0 aromatic heterocycles. The summed E-state index contributed by atoms with van der Waals surface area (Å²) in [5, 5.41) is 0.578. The maximum atomic E-state index is 13.7. The predicted molar refractivity (Wildman–Crippen MR) is 142 cm³/mol. The molecule has 3 aliphatic heterocycles. The number of carbonyl (C=O) groups excluding carboxylic acids is 3. The molecule has 2 saturated heterocycles. The third-order valence-corrected chi connectivity index (χ3v) is 7.48. The molecule has 37 heavy (non-hydrogen) atoms. The van der Waals surface area contributed by atoms with Crippen LogP contribution in [0.5, 0.6) is 0 Å². The summed E-state index contributed by atoms with van der Waals surface area (Å²) in [5.74, 6) is -0.187. The lowest BCUT2D eigenvalue weighted by Gasteiger charge is -2.46. The number of anilines is 1. The van der Waals surface area contributed by atoms with Crippen molar-refractivity contribution in [3.8, 4) is 0 Å². The first kappa shape index (κ1) is 27.7. The van der Waals surface area contributed by atoms with Crippen molar-refractivity contribution in [2.75, 3.05) is 57.4 Å². The van der Waals surface area contributed by atoms with E-state index in [1.165, 1.54) is 0 Å². The topological polar surface area (TPSA) is 82.6 Å². The number of rotatable bonds is 3. The number of benzene rings is 1. The second-order valence-corrected chi connectivity index (χ2v) is 12.3. The zero-order chi connectivity index (χ0) is 27.1. The van der Waals surface area contributed by atoms with E-state index in [2.05, 4.69) is 13.8 Å². The molecule has 10 heteroatoms. The quantitative estimate of drug-likeness (QED) is 0.592. The van der Waals surface area contributed by atoms with Crippen molar-refractivity contribution in [2.45, 2.75) is 64.6 Å². The number of carbonyl (C=O) groups is 3. The summed E-state index contributed by atoms with van der Waals surface area (Å²) in [4.78, 5) is 47.5. The summed E-state index contributed by atoms with van der Waals surface area (Å²) in [5.41, 5.74) is 1.04. The molecule has 4 rings (SSSR count). The average molecular weight is 535 g/mol. The molecule has 0 bridgehead atoms. The maximum Gasteiger partial charge on any atom is 0.410 e. The van der Waals surface area contributed by atoms with Crippen molar-refractivity contribution >= 4 is 35.2 Å². The summed E-state index contributed by atoms with van der Waals surface area (Å²) in [6, 6.07) is 4.79. The molecular formula is C27H39ClN4O5. The predicted octanol–water partition coefficient (Wildman–Crippen LogP) is 3.13. The number of fused-ring (bicyclic) bond motifs is 1. The van der Waals surface area contributed by atoms with Crippen LogP contribution in [0, 0.1) is 0 Å². The molecule has 2 unspecified atom stereocenters. The third-order valence-electron chi connectivity index (χ3n) is 7.25. The zero-order valence-electron chi connectivity index (χ0n) is 22.8. The fourth-order valence-electron chi connectivity index (χ4n) is 5.37. The molecule has 0 radical (unpaired) electrons. The second-order valence-electron chi connectivity index (χ2n) is 11.9. The fourth-order valence-corrected chi connectivity index (χ4v) is 5.54. The van der Waals surface area contributed by atoms with Gasteiger partial charge in [0.1, 0.15) is 11.6 Å². The van der Waals surface area contributed by atoms with Crippen molar-refractivity contribution in [3.05, 3.63) is 28.8 Å². The first-order valence-electron chi connectivity index (χ1n) is 13.0. The number of nitrogens with zero attached hydrogens (tertiary/aromatic N) is 4. The van der Waals surface area contributed by atoms with Crippen LogP contribution in [0.15, 0.2) is 18.2 Å². The van der Waals surface area contributed by atoms with Crippen LogP contribution < -0.4 is 4.90 Å². The Balaban J connectivity index is 1.57. The van der Waals surface area contributed by atoms with Crippen LogP contribution in [0.1, 0.15) is 47.1 Å². The highest BCUT2D eigenvalue weighted by Gasteiger charge is 2.44. The molecule has 2 atom stereocenters. The average Bonchev–Trinajstić information content (AvgIpc) is 3.08. The monoisotopic (exact) mass is 534 g/mol. The molecular weight excluding hydrogens is 496 g/mol. The van der Waals surface area contributed by atoms with Gasteiger partial charge in [0.25, 0.3) is 0 Å². The van der Waals surface area contributed by atoms with Crippen LogP contribution in [0.3, 0.4) is 0 Å². The number of morpholine rings is 1. The standard InChI is InChI=1S/C27H39ClN4O5/c1-18-14-30(16-23(33)32-17-27(5,6)20-8-7-19(28)13-21(20)32)22(24(34)29-9-11-36-12-10-29)15-31(18)25(35)37-26(2,3)4/h7-8,13,18,22H,9-12,14-17H2,1-6H3. The highest BCUT2D eigenvalue weighted by molar-refractivity contribution is 6.31. The van der Waals surface area contributed by atoms with Crippen molar-refractivity contribution in [1.82, 2.24) is 14.7 Å². The number of hydrogen-bond acceptors (Lipinski definition) is 6. The van der Waals surface area contributed by atoms with E-state index in [1.54, 1.807) is 14.7 Å². The summed E-state index contributed by atoms with van der Waals surface area (Å²) in [6.45, 7) is 14.7. The SMILES string of the molecule is CC1CN(CC(=O)N2CC(C)(C)c3ccc(Cl)cc32)C(C(=O)N2CCOCC2)CN1C(=O)OC(C)(C)C. The lowest BCUT2D eigenvalue weighted by Crippen LogP contribution is -2.65. The summed E-state index contributed by atoms with van der Waals surface area (Å²) < 4.78 is 11.1. The van der Waals surface area contributed by atoms with E-state index in [1.807, 2.05) is 50.8 Å². The van der Waals surface area contributed by atoms with Gasteiger partial charge in [-0.3, -0.25) is 14.5 Å². The normalized spacial score (nSPS) is 24.1. The lowest BCUT2D eigenvalue weighted by molar-refractivity contribution is -0.145. The molecule has 2 fully saturated rings. The van der Waals surface area contributed by atoms with Gasteiger partial charge in [-0.25, -0.2) is 4.79 Å². The van der Waals surface area contributed by atoms with Gasteiger partial charge >= 0.3 is 6.09 Å². The third kappa shape index (κ3) is 6.04. The second kappa shape index (κ2) is 10.4. The van der Waals surface area contributed by atoms with Gasteiger partial charge in [0.05, 0.1) is 19.8 Å². The molecule has 204 valence electrons. The lowest BCUT2D eigenvalue weighted by atomic mass is 9.87. The summed E-state index contributed by atoms with van der Waals surface area (Å²) >= 11 is 6.28. The molecule has 0 spiro atoms. The first-order valence-corrected chi connectivity index (χ1v) is 13.4. The highest BCUT2D eigenvalue weighted by atomic mass is 35.5. The molecule has 3 amide bonds. The number of halogens is 1. The zero-order valence-corrected chi connectivity index (χ0v) is 23.5. The van der Waals surface area contributed by atoms with E-state index < -0.39 is 17.7 Å². The van der Waals surface area contributed by atoms with E-state index >= 15 is 0 Å². The van der Waals surface area contributed by atoms with Crippen molar-refractivity contribution < 1.29 is 23.9 Å². The van der Waals surface area contributed by atoms with Gasteiger partial charge < -0.3 is 24.2 Å². The van der Waals surface area contributed by atoms with E-state index in [0.29, 0.717) is 44.4 Å². The minimum atomic E-state index is -0.653. The van der Waals surface area contributed by atoms with E-state index in [4.69, 9.17) is 21.1 Å². The summed E-state index contributed by atoms with van der Waals surface area (Å²) in [6.07, 6.45) is -0.449. The molecule has 9 nitrogen and oxygen atoms in total. The Labute approximate surface area is 224 Å². The smallest absolute Gasteiger partial charge is 0.410 e. The fraction of sp³-hybridized carbons (Fsp3) is 0.667. The molecule has 0 N–H and O–H groups in total. The van der Waals surface area contributed by atoms with Crippen LogP contribution in [0.4, 0.5) is 10.5 Å². The van der Waals surface area contributed by atoms with Gasteiger partial charge in [-0.15, -0.1) is 0 Å². The van der Waals surface area contributed by atoms with E-state index in [-0.39, 0.29) is 36.4 Å². The molecule has 0 aliphatic carbocycles. The van der Waals surface area contributed by atoms with Crippen LogP contribution in [0.25, 0.3) is 0 Å². The Kier molecular flexibility index (Phi) is 7.79. The van der Waals surface area contributed by atoms with Crippen LogP contribution >= 0.6 is 11.6 Å². The Morgan fingerprint density at radius 2 is 1.81 bits per heavy atom. The molecule has 0 saturated carbocycles. The first-order chi connectivity index (χ1) is 17.3. The molecule has 3 aliphatic rings. The van der Waals surface area contributed by atoms with Gasteiger partial charge in [-0.1, -0.05) is 31.5 Å². The summed E-state index contributed by atoms with van der Waals surface area (Å²) in [7, 11) is 0. The molecule has 3 heterocycles. The number of hydrogen-bond donors (Lipinski definition) is 0. The van der Waals surface area contributed by atoms with Gasteiger partial charge in [-0.05, 0) is 45.4 Å². The maximum absolute atomic E-state index is 13.7. The van der Waals surface area contributed by atoms with Gasteiger partial charge in [0.2, 0.25) is 11.8 Å². The van der Waals surface area contributed by atoms with E-state index in [0.717, 1.165) is 11.3 Å². The highest BCUT2D eigenvalue weighted by Crippen LogP contribution is 2.41. The van der Waals surface area contributed by atoms with Gasteiger partial charge in [-0.2, -0.15) is 0 Å².